The zero-order valence-electron chi connectivity index (χ0n) is 9.29. The van der Waals surface area contributed by atoms with Gasteiger partial charge >= 0.3 is 0 Å². The van der Waals surface area contributed by atoms with Gasteiger partial charge in [-0.15, -0.1) is 0 Å². The summed E-state index contributed by atoms with van der Waals surface area (Å²) in [5.41, 5.74) is 0.546. The van der Waals surface area contributed by atoms with Gasteiger partial charge in [-0.25, -0.2) is 8.78 Å². The van der Waals surface area contributed by atoms with Crippen LogP contribution in [0.5, 0.6) is 0 Å². The van der Waals surface area contributed by atoms with E-state index in [9.17, 15) is 13.6 Å². The summed E-state index contributed by atoms with van der Waals surface area (Å²) in [5.74, 6) is -1.35. The molecule has 0 bridgehead atoms. The second-order valence-corrected chi connectivity index (χ2v) is 4.77. The average molecular weight is 311 g/mol. The van der Waals surface area contributed by atoms with Gasteiger partial charge in [0.25, 0.3) is 0 Å². The molecule has 92 valence electrons. The topological polar surface area (TPSA) is 17.1 Å². The minimum absolute atomic E-state index is 0.0162. The van der Waals surface area contributed by atoms with Crippen LogP contribution >= 0.6 is 15.9 Å². The van der Waals surface area contributed by atoms with E-state index in [0.29, 0.717) is 10.0 Å². The van der Waals surface area contributed by atoms with E-state index in [1.54, 1.807) is 12.1 Å². The van der Waals surface area contributed by atoms with Crippen LogP contribution in [0.4, 0.5) is 8.78 Å². The van der Waals surface area contributed by atoms with Gasteiger partial charge in [0.2, 0.25) is 0 Å². The Bertz CT molecular complexity index is 596. The van der Waals surface area contributed by atoms with E-state index in [0.717, 1.165) is 0 Å². The summed E-state index contributed by atoms with van der Waals surface area (Å²) in [6.07, 6.45) is -0.0175. The highest BCUT2D eigenvalue weighted by atomic mass is 79.9. The van der Waals surface area contributed by atoms with E-state index < -0.39 is 11.6 Å². The lowest BCUT2D eigenvalue weighted by atomic mass is 10.0. The molecule has 2 aromatic carbocycles. The molecular formula is C14H9BrF2O. The normalized spacial score (nSPS) is 10.4. The monoisotopic (exact) mass is 310 g/mol. The summed E-state index contributed by atoms with van der Waals surface area (Å²) >= 11 is 3.12. The van der Waals surface area contributed by atoms with Gasteiger partial charge in [0.05, 0.1) is 5.56 Å². The van der Waals surface area contributed by atoms with Gasteiger partial charge in [0, 0.05) is 10.9 Å². The van der Waals surface area contributed by atoms with Crippen molar-refractivity contribution in [3.05, 3.63) is 69.7 Å². The van der Waals surface area contributed by atoms with Gasteiger partial charge in [0.15, 0.2) is 5.78 Å². The zero-order valence-corrected chi connectivity index (χ0v) is 10.9. The number of carbonyl (C=O) groups excluding carboxylic acids is 1. The molecule has 0 heterocycles. The first-order valence-corrected chi connectivity index (χ1v) is 6.08. The van der Waals surface area contributed by atoms with Crippen molar-refractivity contribution >= 4 is 21.7 Å². The quantitative estimate of drug-likeness (QED) is 0.778. The fourth-order valence-electron chi connectivity index (χ4n) is 1.64. The predicted octanol–water partition coefficient (Wildman–Crippen LogP) is 4.15. The van der Waals surface area contributed by atoms with Crippen molar-refractivity contribution in [2.75, 3.05) is 0 Å². The Kier molecular flexibility index (Phi) is 3.87. The minimum Gasteiger partial charge on any atom is -0.294 e. The number of ketones is 1. The molecule has 0 aliphatic heterocycles. The first-order chi connectivity index (χ1) is 8.56. The molecule has 0 aliphatic rings. The number of carbonyl (C=O) groups is 1. The third-order valence-electron chi connectivity index (χ3n) is 2.49. The Balaban J connectivity index is 2.22. The third-order valence-corrected chi connectivity index (χ3v) is 2.98. The molecule has 0 fully saturated rings. The maximum atomic E-state index is 13.6. The van der Waals surface area contributed by atoms with Gasteiger partial charge in [0.1, 0.15) is 11.6 Å². The van der Waals surface area contributed by atoms with Crippen molar-refractivity contribution < 1.29 is 13.6 Å². The first-order valence-electron chi connectivity index (χ1n) is 5.29. The molecule has 0 atom stereocenters. The third kappa shape index (κ3) is 3.01. The molecule has 0 unspecified atom stereocenters. The zero-order chi connectivity index (χ0) is 13.1. The highest BCUT2D eigenvalue weighted by molar-refractivity contribution is 9.10. The van der Waals surface area contributed by atoms with Crippen LogP contribution in [0.2, 0.25) is 0 Å². The van der Waals surface area contributed by atoms with Crippen LogP contribution in [0, 0.1) is 11.6 Å². The summed E-state index contributed by atoms with van der Waals surface area (Å²) in [7, 11) is 0. The Morgan fingerprint density at radius 3 is 2.56 bits per heavy atom. The Hall–Kier alpha value is -1.55. The van der Waals surface area contributed by atoms with Crippen LogP contribution in [-0.4, -0.2) is 5.78 Å². The van der Waals surface area contributed by atoms with Crippen molar-refractivity contribution in [2.45, 2.75) is 6.42 Å². The fourth-order valence-corrected chi connectivity index (χ4v) is 1.98. The second-order valence-electron chi connectivity index (χ2n) is 3.85. The summed E-state index contributed by atoms with van der Waals surface area (Å²) in [4.78, 5) is 11.9. The molecule has 0 N–H and O–H groups in total. The standard InChI is InChI=1S/C14H9BrF2O/c15-10-4-5-12(13(17)8-10)14(18)7-9-2-1-3-11(16)6-9/h1-6,8H,7H2. The largest absolute Gasteiger partial charge is 0.294 e. The smallest absolute Gasteiger partial charge is 0.170 e. The molecule has 4 heteroatoms. The molecular weight excluding hydrogens is 302 g/mol. The van der Waals surface area contributed by atoms with E-state index >= 15 is 0 Å². The van der Waals surface area contributed by atoms with Crippen LogP contribution in [0.25, 0.3) is 0 Å². The van der Waals surface area contributed by atoms with E-state index in [1.165, 1.54) is 30.3 Å². The van der Waals surface area contributed by atoms with Gasteiger partial charge in [-0.3, -0.25) is 4.79 Å². The van der Waals surface area contributed by atoms with Gasteiger partial charge in [-0.1, -0.05) is 28.1 Å². The minimum atomic E-state index is -0.578. The SMILES string of the molecule is O=C(Cc1cccc(F)c1)c1ccc(Br)cc1F. The molecule has 0 radical (unpaired) electrons. The van der Waals surface area contributed by atoms with Crippen molar-refractivity contribution in [3.63, 3.8) is 0 Å². The van der Waals surface area contributed by atoms with Crippen LogP contribution < -0.4 is 0 Å². The summed E-state index contributed by atoms with van der Waals surface area (Å²) in [6.45, 7) is 0. The predicted molar refractivity (Wildman–Crippen MR) is 68.5 cm³/mol. The maximum Gasteiger partial charge on any atom is 0.170 e. The lowest BCUT2D eigenvalue weighted by Gasteiger charge is -2.03. The molecule has 0 saturated carbocycles. The van der Waals surface area contributed by atoms with Crippen LogP contribution in [-0.2, 0) is 6.42 Å². The Morgan fingerprint density at radius 2 is 1.89 bits per heavy atom. The second kappa shape index (κ2) is 5.40. The van der Waals surface area contributed by atoms with Crippen molar-refractivity contribution in [1.29, 1.82) is 0 Å². The number of hydrogen-bond donors (Lipinski definition) is 0. The molecule has 18 heavy (non-hydrogen) atoms. The molecule has 0 aromatic heterocycles. The number of benzene rings is 2. The van der Waals surface area contributed by atoms with Crippen molar-refractivity contribution in [3.8, 4) is 0 Å². The maximum absolute atomic E-state index is 13.6. The summed E-state index contributed by atoms with van der Waals surface area (Å²) < 4.78 is 27.1. The molecule has 2 rings (SSSR count). The number of hydrogen-bond acceptors (Lipinski definition) is 1. The highest BCUT2D eigenvalue weighted by Gasteiger charge is 2.12. The van der Waals surface area contributed by atoms with E-state index in [4.69, 9.17) is 0 Å². The lowest BCUT2D eigenvalue weighted by molar-refractivity contribution is 0.0989. The highest BCUT2D eigenvalue weighted by Crippen LogP contribution is 2.17. The lowest BCUT2D eigenvalue weighted by Crippen LogP contribution is -2.06. The molecule has 1 nitrogen and oxygen atoms in total. The molecule has 2 aromatic rings. The van der Waals surface area contributed by atoms with Crippen LogP contribution in [0.1, 0.15) is 15.9 Å². The average Bonchev–Trinajstić information content (AvgIpc) is 2.28. The molecule has 0 aliphatic carbocycles. The van der Waals surface area contributed by atoms with Gasteiger partial charge < -0.3 is 0 Å². The summed E-state index contributed by atoms with van der Waals surface area (Å²) in [6, 6.07) is 9.98. The van der Waals surface area contributed by atoms with Crippen molar-refractivity contribution in [2.24, 2.45) is 0 Å². The number of Topliss-reactive ketones (excluding diaryl/α,β-unsaturated/α-hetero) is 1. The van der Waals surface area contributed by atoms with Crippen LogP contribution in [0.3, 0.4) is 0 Å². The molecule has 0 amide bonds. The Morgan fingerprint density at radius 1 is 1.11 bits per heavy atom. The number of rotatable bonds is 3. The van der Waals surface area contributed by atoms with E-state index in [2.05, 4.69) is 15.9 Å². The summed E-state index contributed by atoms with van der Waals surface area (Å²) in [5, 5.41) is 0. The van der Waals surface area contributed by atoms with Gasteiger partial charge in [-0.2, -0.15) is 0 Å². The van der Waals surface area contributed by atoms with Crippen molar-refractivity contribution in [1.82, 2.24) is 0 Å². The molecule has 0 spiro atoms. The Labute approximate surface area is 112 Å². The van der Waals surface area contributed by atoms with E-state index in [-0.39, 0.29) is 17.8 Å². The van der Waals surface area contributed by atoms with E-state index in [1.807, 2.05) is 0 Å². The van der Waals surface area contributed by atoms with Crippen LogP contribution in [0.15, 0.2) is 46.9 Å². The first kappa shape index (κ1) is 12.9. The van der Waals surface area contributed by atoms with Gasteiger partial charge in [-0.05, 0) is 35.9 Å². The number of halogens is 3. The fraction of sp³-hybridized carbons (Fsp3) is 0.0714. The molecule has 0 saturated heterocycles.